The molecule has 19 heavy (non-hydrogen) atoms. The molecule has 0 amide bonds. The van der Waals surface area contributed by atoms with E-state index in [0.29, 0.717) is 11.2 Å². The Morgan fingerprint density at radius 3 is 2.84 bits per heavy atom. The number of aldehydes is 1. The Labute approximate surface area is 111 Å². The van der Waals surface area contributed by atoms with Crippen molar-refractivity contribution in [3.05, 3.63) is 30.1 Å². The number of hydrogen-bond acceptors (Lipinski definition) is 4. The Balaban J connectivity index is 2.31. The van der Waals surface area contributed by atoms with Gasteiger partial charge in [0.2, 0.25) is 0 Å². The minimum absolute atomic E-state index is 0.0403. The van der Waals surface area contributed by atoms with Crippen molar-refractivity contribution in [2.75, 3.05) is 0 Å². The molecule has 0 fully saturated rings. The number of esters is 1. The Morgan fingerprint density at radius 1 is 1.47 bits per heavy atom. The standard InChI is InChI=1S/C14H16N2O3/c1-14(2,3)19-12(18)8-16-7-10(9-17)11-5-4-6-15-13(11)16/h4-7,9H,8H2,1-3H3. The number of fused-ring (bicyclic) bond motifs is 1. The van der Waals surface area contributed by atoms with E-state index in [-0.39, 0.29) is 12.5 Å². The third-order valence-electron chi connectivity index (χ3n) is 2.51. The molecule has 0 atom stereocenters. The predicted octanol–water partition coefficient (Wildman–Crippen LogP) is 2.19. The van der Waals surface area contributed by atoms with Gasteiger partial charge in [-0.15, -0.1) is 0 Å². The molecule has 0 aromatic carbocycles. The number of carbonyl (C=O) groups is 2. The van der Waals surface area contributed by atoms with Crippen LogP contribution in [0.3, 0.4) is 0 Å². The quantitative estimate of drug-likeness (QED) is 0.627. The summed E-state index contributed by atoms with van der Waals surface area (Å²) in [7, 11) is 0. The highest BCUT2D eigenvalue weighted by Crippen LogP contribution is 2.18. The van der Waals surface area contributed by atoms with Crippen molar-refractivity contribution in [1.82, 2.24) is 9.55 Å². The molecule has 2 rings (SSSR count). The van der Waals surface area contributed by atoms with E-state index < -0.39 is 5.60 Å². The van der Waals surface area contributed by atoms with Crippen molar-refractivity contribution in [1.29, 1.82) is 0 Å². The van der Waals surface area contributed by atoms with E-state index in [1.807, 2.05) is 20.8 Å². The van der Waals surface area contributed by atoms with E-state index in [9.17, 15) is 9.59 Å². The molecule has 0 spiro atoms. The van der Waals surface area contributed by atoms with Gasteiger partial charge in [0.1, 0.15) is 17.8 Å². The maximum atomic E-state index is 11.8. The van der Waals surface area contributed by atoms with Crippen molar-refractivity contribution in [2.45, 2.75) is 32.9 Å². The largest absolute Gasteiger partial charge is 0.459 e. The number of rotatable bonds is 3. The molecule has 2 heterocycles. The van der Waals surface area contributed by atoms with Gasteiger partial charge in [-0.3, -0.25) is 9.59 Å². The number of carbonyl (C=O) groups excluding carboxylic acids is 2. The SMILES string of the molecule is CC(C)(C)OC(=O)Cn1cc(C=O)c2cccnc21. The molecular formula is C14H16N2O3. The molecule has 0 saturated carbocycles. The number of aromatic nitrogens is 2. The van der Waals surface area contributed by atoms with E-state index in [4.69, 9.17) is 4.74 Å². The predicted molar refractivity (Wildman–Crippen MR) is 71.0 cm³/mol. The highest BCUT2D eigenvalue weighted by Gasteiger charge is 2.18. The zero-order valence-electron chi connectivity index (χ0n) is 11.2. The number of hydrogen-bond donors (Lipinski definition) is 0. The average Bonchev–Trinajstić information content (AvgIpc) is 2.65. The zero-order chi connectivity index (χ0) is 14.0. The van der Waals surface area contributed by atoms with Crippen LogP contribution in [0.15, 0.2) is 24.5 Å². The molecule has 0 aliphatic carbocycles. The molecule has 0 saturated heterocycles. The number of nitrogens with zero attached hydrogens (tertiary/aromatic N) is 2. The van der Waals surface area contributed by atoms with E-state index in [2.05, 4.69) is 4.98 Å². The first-order valence-corrected chi connectivity index (χ1v) is 6.01. The summed E-state index contributed by atoms with van der Waals surface area (Å²) in [6.45, 7) is 5.48. The highest BCUT2D eigenvalue weighted by molar-refractivity contribution is 5.96. The van der Waals surface area contributed by atoms with Gasteiger partial charge in [-0.05, 0) is 32.9 Å². The first kappa shape index (κ1) is 13.3. The van der Waals surface area contributed by atoms with E-state index in [0.717, 1.165) is 11.7 Å². The smallest absolute Gasteiger partial charge is 0.326 e. The number of ether oxygens (including phenoxy) is 1. The van der Waals surface area contributed by atoms with Gasteiger partial charge in [-0.25, -0.2) is 4.98 Å². The Morgan fingerprint density at radius 2 is 2.21 bits per heavy atom. The second-order valence-corrected chi connectivity index (χ2v) is 5.29. The second kappa shape index (κ2) is 4.84. The summed E-state index contributed by atoms with van der Waals surface area (Å²) >= 11 is 0. The normalized spacial score (nSPS) is 11.5. The van der Waals surface area contributed by atoms with Gasteiger partial charge in [0.15, 0.2) is 6.29 Å². The summed E-state index contributed by atoms with van der Waals surface area (Å²) in [5.41, 5.74) is 0.600. The van der Waals surface area contributed by atoms with Crippen LogP contribution >= 0.6 is 0 Å². The highest BCUT2D eigenvalue weighted by atomic mass is 16.6. The van der Waals surface area contributed by atoms with Crippen LogP contribution in [0.1, 0.15) is 31.1 Å². The summed E-state index contributed by atoms with van der Waals surface area (Å²) in [5.74, 6) is -0.354. The van der Waals surface area contributed by atoms with E-state index >= 15 is 0 Å². The first-order valence-electron chi connectivity index (χ1n) is 6.01. The molecule has 5 heteroatoms. The average molecular weight is 260 g/mol. The second-order valence-electron chi connectivity index (χ2n) is 5.29. The van der Waals surface area contributed by atoms with Crippen LogP contribution < -0.4 is 0 Å². The fourth-order valence-electron chi connectivity index (χ4n) is 1.88. The monoisotopic (exact) mass is 260 g/mol. The molecule has 0 radical (unpaired) electrons. The molecular weight excluding hydrogens is 244 g/mol. The molecule has 0 aliphatic rings. The Hall–Kier alpha value is -2.17. The molecule has 2 aromatic rings. The van der Waals surface area contributed by atoms with Crippen molar-refractivity contribution < 1.29 is 14.3 Å². The van der Waals surface area contributed by atoms with Crippen molar-refractivity contribution in [3.8, 4) is 0 Å². The summed E-state index contributed by atoms with van der Waals surface area (Å²) < 4.78 is 6.89. The van der Waals surface area contributed by atoms with Gasteiger partial charge in [-0.2, -0.15) is 0 Å². The van der Waals surface area contributed by atoms with Gasteiger partial charge in [0.05, 0.1) is 0 Å². The molecule has 0 unspecified atom stereocenters. The van der Waals surface area contributed by atoms with Crippen molar-refractivity contribution >= 4 is 23.3 Å². The van der Waals surface area contributed by atoms with Crippen LogP contribution in [-0.4, -0.2) is 27.4 Å². The summed E-state index contributed by atoms with van der Waals surface area (Å²) in [6, 6.07) is 3.56. The maximum absolute atomic E-state index is 11.8. The molecule has 0 N–H and O–H groups in total. The minimum atomic E-state index is -0.527. The lowest BCUT2D eigenvalue weighted by Gasteiger charge is -2.19. The molecule has 5 nitrogen and oxygen atoms in total. The molecule has 0 bridgehead atoms. The lowest BCUT2D eigenvalue weighted by atomic mass is 10.2. The van der Waals surface area contributed by atoms with Crippen molar-refractivity contribution in [2.24, 2.45) is 0 Å². The fraction of sp³-hybridized carbons (Fsp3) is 0.357. The van der Waals surface area contributed by atoms with Crippen LogP contribution in [0.4, 0.5) is 0 Å². The number of pyridine rings is 1. The van der Waals surface area contributed by atoms with Crippen LogP contribution in [0.2, 0.25) is 0 Å². The summed E-state index contributed by atoms with van der Waals surface area (Å²) in [4.78, 5) is 27.0. The van der Waals surface area contributed by atoms with Crippen LogP contribution in [0.25, 0.3) is 11.0 Å². The summed E-state index contributed by atoms with van der Waals surface area (Å²) in [5, 5.41) is 0.737. The zero-order valence-corrected chi connectivity index (χ0v) is 11.2. The van der Waals surface area contributed by atoms with E-state index in [1.54, 1.807) is 29.1 Å². The lowest BCUT2D eigenvalue weighted by molar-refractivity contribution is -0.155. The van der Waals surface area contributed by atoms with Gasteiger partial charge >= 0.3 is 5.97 Å². The van der Waals surface area contributed by atoms with Gasteiger partial charge in [0, 0.05) is 23.3 Å². The third-order valence-corrected chi connectivity index (χ3v) is 2.51. The fourth-order valence-corrected chi connectivity index (χ4v) is 1.88. The topological polar surface area (TPSA) is 61.2 Å². The molecule has 0 aliphatic heterocycles. The molecule has 2 aromatic heterocycles. The van der Waals surface area contributed by atoms with E-state index in [1.165, 1.54) is 0 Å². The third kappa shape index (κ3) is 2.99. The van der Waals surface area contributed by atoms with Crippen LogP contribution in [0, 0.1) is 0 Å². The maximum Gasteiger partial charge on any atom is 0.326 e. The Bertz CT molecular complexity index is 623. The Kier molecular flexibility index (Phi) is 3.38. The summed E-state index contributed by atoms with van der Waals surface area (Å²) in [6.07, 6.45) is 4.01. The van der Waals surface area contributed by atoms with Crippen LogP contribution in [-0.2, 0) is 16.1 Å². The lowest BCUT2D eigenvalue weighted by Crippen LogP contribution is -2.26. The van der Waals surface area contributed by atoms with Gasteiger partial charge in [0.25, 0.3) is 0 Å². The van der Waals surface area contributed by atoms with Crippen LogP contribution in [0.5, 0.6) is 0 Å². The minimum Gasteiger partial charge on any atom is -0.459 e. The van der Waals surface area contributed by atoms with Crippen molar-refractivity contribution in [3.63, 3.8) is 0 Å². The van der Waals surface area contributed by atoms with Gasteiger partial charge < -0.3 is 9.30 Å². The first-order chi connectivity index (χ1) is 8.90. The van der Waals surface area contributed by atoms with Gasteiger partial charge in [-0.1, -0.05) is 0 Å². The molecule has 100 valence electrons.